The molecule has 2 aromatic rings. The number of anilines is 1. The second-order valence-corrected chi connectivity index (χ2v) is 7.50. The summed E-state index contributed by atoms with van der Waals surface area (Å²) in [7, 11) is 3.34. The third-order valence-electron chi connectivity index (χ3n) is 4.30. The summed E-state index contributed by atoms with van der Waals surface area (Å²) in [6, 6.07) is 16.7. The molecule has 0 aliphatic carbocycles. The van der Waals surface area contributed by atoms with E-state index in [1.165, 1.54) is 10.5 Å². The molecular weight excluding hydrogens is 414 g/mol. The summed E-state index contributed by atoms with van der Waals surface area (Å²) in [6.07, 6.45) is 1.51. The average Bonchev–Trinajstić information content (AvgIpc) is 2.75. The highest BCUT2D eigenvalue weighted by atomic mass is 32.1. The molecule has 0 radical (unpaired) electrons. The lowest BCUT2D eigenvalue weighted by molar-refractivity contribution is -0.145. The summed E-state index contributed by atoms with van der Waals surface area (Å²) in [5.41, 5.74) is 2.27. The first-order chi connectivity index (χ1) is 14.8. The predicted molar refractivity (Wildman–Crippen MR) is 124 cm³/mol. The minimum atomic E-state index is -0.419. The van der Waals surface area contributed by atoms with Crippen LogP contribution in [0.4, 0.5) is 5.69 Å². The van der Waals surface area contributed by atoms with Gasteiger partial charge in [0.1, 0.15) is 0 Å². The molecule has 31 heavy (non-hydrogen) atoms. The minimum Gasteiger partial charge on any atom is -0.466 e. The van der Waals surface area contributed by atoms with E-state index in [0.29, 0.717) is 17.9 Å². The number of ether oxygens (including phenoxy) is 1. The molecule has 0 heterocycles. The number of aryl methyl sites for hydroxylation is 1. The molecule has 0 atom stereocenters. The van der Waals surface area contributed by atoms with Crippen LogP contribution in [0.3, 0.4) is 0 Å². The molecule has 164 valence electrons. The Bertz CT molecular complexity index is 916. The number of carbonyl (C=O) groups excluding carboxylic acids is 3. The van der Waals surface area contributed by atoms with E-state index in [9.17, 15) is 14.4 Å². The zero-order chi connectivity index (χ0) is 22.6. The quantitative estimate of drug-likeness (QED) is 0.353. The Balaban J connectivity index is 1.66. The predicted octanol–water partition coefficient (Wildman–Crippen LogP) is 3.16. The average molecular weight is 442 g/mol. The molecule has 2 amide bonds. The van der Waals surface area contributed by atoms with Crippen molar-refractivity contribution >= 4 is 40.8 Å². The van der Waals surface area contributed by atoms with Crippen molar-refractivity contribution in [2.24, 2.45) is 0 Å². The summed E-state index contributed by atoms with van der Waals surface area (Å²) in [4.78, 5) is 37.3. The molecule has 2 aromatic carbocycles. The molecule has 0 saturated heterocycles. The number of hydrogen-bond acceptors (Lipinski definition) is 5. The number of thiocarbonyl (C=S) groups is 1. The van der Waals surface area contributed by atoms with Crippen LogP contribution in [0.15, 0.2) is 54.6 Å². The fourth-order valence-electron chi connectivity index (χ4n) is 2.73. The molecule has 0 bridgehead atoms. The lowest BCUT2D eigenvalue weighted by Crippen LogP contribution is -2.34. The van der Waals surface area contributed by atoms with Crippen molar-refractivity contribution in [2.45, 2.75) is 25.7 Å². The summed E-state index contributed by atoms with van der Waals surface area (Å²) >= 11 is 5.13. The van der Waals surface area contributed by atoms with Crippen LogP contribution in [0, 0.1) is 0 Å². The standard InChI is InChI=1S/C23H27N3O4S/c1-26(2)22(29)18-11-6-12-19(16-18)24-23(31)25-20(27)13-14-21(28)30-15-7-10-17-8-4-3-5-9-17/h3-6,8-9,11-12,16H,7,10,13-15H2,1-2H3,(H2,24,25,27,31). The number of hydrogen-bond donors (Lipinski definition) is 2. The first-order valence-corrected chi connectivity index (χ1v) is 10.4. The van der Waals surface area contributed by atoms with Gasteiger partial charge >= 0.3 is 5.97 Å². The lowest BCUT2D eigenvalue weighted by Gasteiger charge is -2.13. The second-order valence-electron chi connectivity index (χ2n) is 7.09. The number of esters is 1. The Morgan fingerprint density at radius 1 is 1.00 bits per heavy atom. The van der Waals surface area contributed by atoms with Gasteiger partial charge in [-0.05, 0) is 48.8 Å². The maximum atomic E-state index is 12.0. The van der Waals surface area contributed by atoms with E-state index in [0.717, 1.165) is 12.8 Å². The molecule has 2 N–H and O–H groups in total. The number of amides is 2. The molecular formula is C23H27N3O4S. The van der Waals surface area contributed by atoms with Crippen LogP contribution in [0.2, 0.25) is 0 Å². The molecule has 0 unspecified atom stereocenters. The van der Waals surface area contributed by atoms with Crippen molar-refractivity contribution in [2.75, 3.05) is 26.0 Å². The van der Waals surface area contributed by atoms with E-state index in [1.807, 2.05) is 30.3 Å². The van der Waals surface area contributed by atoms with E-state index in [1.54, 1.807) is 38.4 Å². The van der Waals surface area contributed by atoms with E-state index >= 15 is 0 Å². The lowest BCUT2D eigenvalue weighted by atomic mass is 10.1. The van der Waals surface area contributed by atoms with Crippen molar-refractivity contribution in [3.05, 3.63) is 65.7 Å². The van der Waals surface area contributed by atoms with Gasteiger partial charge in [-0.3, -0.25) is 14.4 Å². The molecule has 8 heteroatoms. The van der Waals surface area contributed by atoms with Gasteiger partial charge in [0, 0.05) is 31.8 Å². The minimum absolute atomic E-state index is 0.0212. The van der Waals surface area contributed by atoms with Crippen molar-refractivity contribution in [1.29, 1.82) is 0 Å². The molecule has 7 nitrogen and oxygen atoms in total. The first-order valence-electron chi connectivity index (χ1n) is 9.97. The number of nitrogens with zero attached hydrogens (tertiary/aromatic N) is 1. The van der Waals surface area contributed by atoms with Gasteiger partial charge in [-0.1, -0.05) is 36.4 Å². The van der Waals surface area contributed by atoms with E-state index in [2.05, 4.69) is 10.6 Å². The maximum Gasteiger partial charge on any atom is 0.306 e. The highest BCUT2D eigenvalue weighted by Crippen LogP contribution is 2.12. The Morgan fingerprint density at radius 3 is 2.45 bits per heavy atom. The second kappa shape index (κ2) is 12.4. The maximum absolute atomic E-state index is 12.0. The fourth-order valence-corrected chi connectivity index (χ4v) is 2.97. The van der Waals surface area contributed by atoms with Crippen LogP contribution in [0.25, 0.3) is 0 Å². The number of carbonyl (C=O) groups is 3. The van der Waals surface area contributed by atoms with Gasteiger partial charge in [0.2, 0.25) is 5.91 Å². The number of nitrogens with one attached hydrogen (secondary N) is 2. The first kappa shape index (κ1) is 24.0. The Morgan fingerprint density at radius 2 is 1.74 bits per heavy atom. The normalized spacial score (nSPS) is 10.1. The van der Waals surface area contributed by atoms with E-state index in [4.69, 9.17) is 17.0 Å². The Hall–Kier alpha value is -3.26. The number of benzene rings is 2. The van der Waals surface area contributed by atoms with Crippen molar-refractivity contribution < 1.29 is 19.1 Å². The van der Waals surface area contributed by atoms with Gasteiger partial charge < -0.3 is 20.3 Å². The summed E-state index contributed by atoms with van der Waals surface area (Å²) in [5.74, 6) is -0.947. The van der Waals surface area contributed by atoms with Crippen LogP contribution in [0.1, 0.15) is 35.2 Å². The van der Waals surface area contributed by atoms with Crippen LogP contribution in [-0.2, 0) is 20.7 Å². The van der Waals surface area contributed by atoms with Crippen molar-refractivity contribution in [3.8, 4) is 0 Å². The molecule has 0 fully saturated rings. The van der Waals surface area contributed by atoms with Crippen LogP contribution in [0.5, 0.6) is 0 Å². The van der Waals surface area contributed by atoms with E-state index < -0.39 is 5.97 Å². The van der Waals surface area contributed by atoms with Crippen LogP contribution >= 0.6 is 12.2 Å². The summed E-state index contributed by atoms with van der Waals surface area (Å²) < 4.78 is 5.17. The Kier molecular flexibility index (Phi) is 9.64. The third kappa shape index (κ3) is 8.96. The number of rotatable bonds is 9. The zero-order valence-corrected chi connectivity index (χ0v) is 18.5. The van der Waals surface area contributed by atoms with Crippen molar-refractivity contribution in [1.82, 2.24) is 10.2 Å². The van der Waals surface area contributed by atoms with Crippen molar-refractivity contribution in [3.63, 3.8) is 0 Å². The molecule has 0 saturated carbocycles. The van der Waals surface area contributed by atoms with Crippen LogP contribution in [-0.4, -0.2) is 48.5 Å². The Labute approximate surface area is 187 Å². The molecule has 0 aliphatic rings. The third-order valence-corrected chi connectivity index (χ3v) is 4.50. The zero-order valence-electron chi connectivity index (χ0n) is 17.7. The van der Waals surface area contributed by atoms with Gasteiger partial charge in [0.25, 0.3) is 5.91 Å². The van der Waals surface area contributed by atoms with Gasteiger partial charge in [-0.25, -0.2) is 0 Å². The highest BCUT2D eigenvalue weighted by Gasteiger charge is 2.11. The van der Waals surface area contributed by atoms with Crippen LogP contribution < -0.4 is 10.6 Å². The molecule has 0 spiro atoms. The summed E-state index contributed by atoms with van der Waals surface area (Å²) in [6.45, 7) is 0.317. The molecule has 2 rings (SSSR count). The van der Waals surface area contributed by atoms with Gasteiger partial charge in [-0.2, -0.15) is 0 Å². The molecule has 0 aliphatic heterocycles. The monoisotopic (exact) mass is 441 g/mol. The largest absolute Gasteiger partial charge is 0.466 e. The van der Waals surface area contributed by atoms with E-state index in [-0.39, 0.29) is 29.8 Å². The van der Waals surface area contributed by atoms with Gasteiger partial charge in [0.05, 0.1) is 13.0 Å². The topological polar surface area (TPSA) is 87.7 Å². The highest BCUT2D eigenvalue weighted by molar-refractivity contribution is 7.80. The SMILES string of the molecule is CN(C)C(=O)c1cccc(NC(=S)NC(=O)CCC(=O)OCCCc2ccccc2)c1. The smallest absolute Gasteiger partial charge is 0.306 e. The fraction of sp³-hybridized carbons (Fsp3) is 0.304. The molecule has 0 aromatic heterocycles. The summed E-state index contributed by atoms with van der Waals surface area (Å²) in [5, 5.41) is 5.48. The van der Waals surface area contributed by atoms with Gasteiger partial charge in [-0.15, -0.1) is 0 Å². The van der Waals surface area contributed by atoms with Gasteiger partial charge in [0.15, 0.2) is 5.11 Å².